The smallest absolute Gasteiger partial charge is 0.164 e. The Bertz CT molecular complexity index is 584. The summed E-state index contributed by atoms with van der Waals surface area (Å²) in [5.74, 6) is 0.319. The fourth-order valence-electron chi connectivity index (χ4n) is 1.34. The normalized spacial score (nSPS) is 10.4. The molecular formula is C12H7BrCl2FNO. The summed E-state index contributed by atoms with van der Waals surface area (Å²) in [5, 5.41) is 0.584. The Morgan fingerprint density at radius 3 is 2.28 bits per heavy atom. The second-order valence-electron chi connectivity index (χ2n) is 3.49. The van der Waals surface area contributed by atoms with Gasteiger partial charge in [0.1, 0.15) is 11.6 Å². The number of rotatable bonds is 2. The van der Waals surface area contributed by atoms with Gasteiger partial charge >= 0.3 is 0 Å². The highest BCUT2D eigenvalue weighted by Crippen LogP contribution is 2.38. The van der Waals surface area contributed by atoms with Gasteiger partial charge in [0.2, 0.25) is 0 Å². The van der Waals surface area contributed by atoms with Gasteiger partial charge in [-0.2, -0.15) is 0 Å². The lowest BCUT2D eigenvalue weighted by Crippen LogP contribution is -1.91. The number of anilines is 1. The van der Waals surface area contributed by atoms with E-state index < -0.39 is 0 Å². The maximum absolute atomic E-state index is 13.1. The molecule has 0 fully saturated rings. The van der Waals surface area contributed by atoms with Crippen LogP contribution in [0.4, 0.5) is 10.1 Å². The van der Waals surface area contributed by atoms with Gasteiger partial charge in [0, 0.05) is 5.69 Å². The van der Waals surface area contributed by atoms with Gasteiger partial charge < -0.3 is 10.5 Å². The minimum atomic E-state index is -0.378. The number of nitrogen functional groups attached to an aromatic ring is 1. The van der Waals surface area contributed by atoms with E-state index in [1.54, 1.807) is 0 Å². The minimum absolute atomic E-state index is 0.283. The topological polar surface area (TPSA) is 35.2 Å². The molecule has 0 bridgehead atoms. The predicted molar refractivity (Wildman–Crippen MR) is 75.0 cm³/mol. The maximum Gasteiger partial charge on any atom is 0.164 e. The van der Waals surface area contributed by atoms with Gasteiger partial charge in [0.15, 0.2) is 5.75 Å². The van der Waals surface area contributed by atoms with Gasteiger partial charge in [0.05, 0.1) is 14.5 Å². The summed E-state index contributed by atoms with van der Waals surface area (Å²) in [5.41, 5.74) is 6.03. The van der Waals surface area contributed by atoms with Crippen LogP contribution in [0.3, 0.4) is 0 Å². The van der Waals surface area contributed by atoms with Gasteiger partial charge in [0.25, 0.3) is 0 Å². The van der Waals surface area contributed by atoms with Gasteiger partial charge in [-0.05, 0) is 46.3 Å². The first kappa shape index (κ1) is 13.5. The number of hydrogen-bond donors (Lipinski definition) is 1. The van der Waals surface area contributed by atoms with Crippen LogP contribution in [0.5, 0.6) is 11.5 Å². The predicted octanol–water partition coefficient (Wildman–Crippen LogP) is 5.27. The first-order valence-electron chi connectivity index (χ1n) is 4.85. The third-order valence-corrected chi connectivity index (χ3v) is 3.30. The molecule has 0 heterocycles. The van der Waals surface area contributed by atoms with Crippen LogP contribution < -0.4 is 10.5 Å². The average Bonchev–Trinajstić information content (AvgIpc) is 2.28. The number of halogens is 4. The zero-order valence-corrected chi connectivity index (χ0v) is 12.0. The Morgan fingerprint density at radius 2 is 1.72 bits per heavy atom. The summed E-state index contributed by atoms with van der Waals surface area (Å²) in [4.78, 5) is 0. The molecule has 2 nitrogen and oxygen atoms in total. The molecule has 2 aromatic rings. The SMILES string of the molecule is Nc1cc(Cl)c(Oc2ccc(F)c(Br)c2)c(Cl)c1. The van der Waals surface area contributed by atoms with Crippen molar-refractivity contribution in [3.63, 3.8) is 0 Å². The van der Waals surface area contributed by atoms with E-state index in [1.807, 2.05) is 0 Å². The van der Waals surface area contributed by atoms with Crippen LogP contribution >= 0.6 is 39.1 Å². The molecule has 0 aromatic heterocycles. The number of benzene rings is 2. The van der Waals surface area contributed by atoms with Crippen molar-refractivity contribution in [1.29, 1.82) is 0 Å². The fraction of sp³-hybridized carbons (Fsp3) is 0. The highest BCUT2D eigenvalue weighted by atomic mass is 79.9. The highest BCUT2D eigenvalue weighted by Gasteiger charge is 2.11. The molecule has 0 aliphatic rings. The van der Waals surface area contributed by atoms with E-state index in [0.29, 0.717) is 26.0 Å². The number of ether oxygens (including phenoxy) is 1. The van der Waals surface area contributed by atoms with Crippen molar-refractivity contribution < 1.29 is 9.13 Å². The van der Waals surface area contributed by atoms with E-state index in [4.69, 9.17) is 33.7 Å². The average molecular weight is 351 g/mol. The lowest BCUT2D eigenvalue weighted by atomic mass is 10.3. The Balaban J connectivity index is 2.37. The molecule has 0 saturated heterocycles. The molecule has 0 aliphatic heterocycles. The molecule has 0 unspecified atom stereocenters. The summed E-state index contributed by atoms with van der Waals surface area (Å²) in [6.45, 7) is 0. The van der Waals surface area contributed by atoms with Gasteiger partial charge in [-0.3, -0.25) is 0 Å². The molecule has 6 heteroatoms. The second kappa shape index (κ2) is 5.34. The highest BCUT2D eigenvalue weighted by molar-refractivity contribution is 9.10. The van der Waals surface area contributed by atoms with Crippen molar-refractivity contribution in [2.45, 2.75) is 0 Å². The summed E-state index contributed by atoms with van der Waals surface area (Å²) in [6.07, 6.45) is 0. The Labute approximate surface area is 122 Å². The molecular weight excluding hydrogens is 344 g/mol. The molecule has 18 heavy (non-hydrogen) atoms. The van der Waals surface area contributed by atoms with Crippen molar-refractivity contribution in [3.8, 4) is 11.5 Å². The molecule has 0 radical (unpaired) electrons. The standard InChI is InChI=1S/C12H7BrCl2FNO/c13-8-5-7(1-2-11(8)16)18-12-9(14)3-6(17)4-10(12)15/h1-5H,17H2. The first-order valence-corrected chi connectivity index (χ1v) is 6.39. The van der Waals surface area contributed by atoms with Crippen molar-refractivity contribution in [2.75, 3.05) is 5.73 Å². The maximum atomic E-state index is 13.1. The number of hydrogen-bond acceptors (Lipinski definition) is 2. The molecule has 2 N–H and O–H groups in total. The number of nitrogens with two attached hydrogens (primary N) is 1. The fourth-order valence-corrected chi connectivity index (χ4v) is 2.27. The van der Waals surface area contributed by atoms with E-state index in [2.05, 4.69) is 15.9 Å². The Hall–Kier alpha value is -0.970. The van der Waals surface area contributed by atoms with E-state index in [9.17, 15) is 4.39 Å². The van der Waals surface area contributed by atoms with Crippen LogP contribution in [-0.2, 0) is 0 Å². The molecule has 2 rings (SSSR count). The lowest BCUT2D eigenvalue weighted by molar-refractivity contribution is 0.480. The zero-order valence-electron chi connectivity index (χ0n) is 8.88. The van der Waals surface area contributed by atoms with Crippen LogP contribution in [0.15, 0.2) is 34.8 Å². The summed E-state index contributed by atoms with van der Waals surface area (Å²) in [7, 11) is 0. The molecule has 0 saturated carbocycles. The monoisotopic (exact) mass is 349 g/mol. The van der Waals surface area contributed by atoms with Crippen LogP contribution in [0.1, 0.15) is 0 Å². The molecule has 2 aromatic carbocycles. The summed E-state index contributed by atoms with van der Waals surface area (Å²) in [6, 6.07) is 7.29. The lowest BCUT2D eigenvalue weighted by Gasteiger charge is -2.10. The largest absolute Gasteiger partial charge is 0.454 e. The Kier molecular flexibility index (Phi) is 4.00. The van der Waals surface area contributed by atoms with E-state index in [-0.39, 0.29) is 11.6 Å². The Morgan fingerprint density at radius 1 is 1.11 bits per heavy atom. The van der Waals surface area contributed by atoms with E-state index in [1.165, 1.54) is 30.3 Å². The molecule has 0 spiro atoms. The van der Waals surface area contributed by atoms with Gasteiger partial charge in [-0.1, -0.05) is 23.2 Å². The summed E-state index contributed by atoms with van der Waals surface area (Å²) >= 11 is 15.0. The van der Waals surface area contributed by atoms with Crippen LogP contribution in [0, 0.1) is 5.82 Å². The third kappa shape index (κ3) is 2.88. The van der Waals surface area contributed by atoms with Crippen LogP contribution in [-0.4, -0.2) is 0 Å². The zero-order chi connectivity index (χ0) is 13.3. The van der Waals surface area contributed by atoms with Crippen molar-refractivity contribution >= 4 is 44.8 Å². The second-order valence-corrected chi connectivity index (χ2v) is 5.16. The van der Waals surface area contributed by atoms with Gasteiger partial charge in [-0.25, -0.2) is 4.39 Å². The van der Waals surface area contributed by atoms with Crippen molar-refractivity contribution in [3.05, 3.63) is 50.7 Å². The summed E-state index contributed by atoms with van der Waals surface area (Å²) < 4.78 is 18.9. The van der Waals surface area contributed by atoms with Crippen LogP contribution in [0.2, 0.25) is 10.0 Å². The van der Waals surface area contributed by atoms with Gasteiger partial charge in [-0.15, -0.1) is 0 Å². The van der Waals surface area contributed by atoms with Crippen molar-refractivity contribution in [1.82, 2.24) is 0 Å². The van der Waals surface area contributed by atoms with Crippen LogP contribution in [0.25, 0.3) is 0 Å². The molecule has 94 valence electrons. The molecule has 0 amide bonds. The minimum Gasteiger partial charge on any atom is -0.454 e. The van der Waals surface area contributed by atoms with E-state index >= 15 is 0 Å². The quantitative estimate of drug-likeness (QED) is 0.749. The van der Waals surface area contributed by atoms with Crippen molar-refractivity contribution in [2.24, 2.45) is 0 Å². The molecule has 0 atom stereocenters. The molecule has 0 aliphatic carbocycles. The third-order valence-electron chi connectivity index (χ3n) is 2.13. The first-order chi connectivity index (χ1) is 8.47. The van der Waals surface area contributed by atoms with E-state index in [0.717, 1.165) is 0 Å².